The van der Waals surface area contributed by atoms with Gasteiger partial charge in [0.15, 0.2) is 0 Å². The van der Waals surface area contributed by atoms with Crippen LogP contribution in [0.15, 0.2) is 0 Å². The molecule has 0 aromatic rings. The Morgan fingerprint density at radius 1 is 1.43 bits per heavy atom. The van der Waals surface area contributed by atoms with Crippen LogP contribution in [-0.4, -0.2) is 0 Å². The van der Waals surface area contributed by atoms with Crippen LogP contribution in [0.4, 0.5) is 0 Å². The van der Waals surface area contributed by atoms with Crippen LogP contribution in [0, 0.1) is 0 Å². The van der Waals surface area contributed by atoms with Crippen molar-refractivity contribution in [2.45, 2.75) is 29.3 Å². The van der Waals surface area contributed by atoms with Gasteiger partial charge in [0.2, 0.25) is 0 Å². The number of halogens is 1. The average molecular weight is 216 g/mol. The Morgan fingerprint density at radius 2 is 2.00 bits per heavy atom. The summed E-state index contributed by atoms with van der Waals surface area (Å²) in [6.07, 6.45) is 4.73. The topological polar surface area (TPSA) is 0 Å². The SMILES string of the molecule is Br.[CH3][Zn][CH]1CCC1. The van der Waals surface area contributed by atoms with Crippen molar-refractivity contribution in [1.82, 2.24) is 0 Å². The molecular formula is C5H11BrZn. The van der Waals surface area contributed by atoms with Gasteiger partial charge < -0.3 is 0 Å². The van der Waals surface area contributed by atoms with E-state index in [1.54, 1.807) is 19.3 Å². The molecular weight excluding hydrogens is 205 g/mol. The molecule has 1 rings (SSSR count). The fourth-order valence-corrected chi connectivity index (χ4v) is 3.83. The monoisotopic (exact) mass is 214 g/mol. The van der Waals surface area contributed by atoms with Crippen LogP contribution in [0.2, 0.25) is 10.0 Å². The van der Waals surface area contributed by atoms with E-state index in [9.17, 15) is 0 Å². The fraction of sp³-hybridized carbons (Fsp3) is 1.00. The van der Waals surface area contributed by atoms with Crippen molar-refractivity contribution in [2.75, 3.05) is 0 Å². The van der Waals surface area contributed by atoms with Gasteiger partial charge in [-0.25, -0.2) is 0 Å². The van der Waals surface area contributed by atoms with Crippen LogP contribution in [-0.2, 0) is 17.1 Å². The number of rotatable bonds is 1. The Bertz CT molecular complexity index is 40.6. The predicted molar refractivity (Wildman–Crippen MR) is 33.8 cm³/mol. The molecule has 1 aliphatic carbocycles. The molecule has 0 N–H and O–H groups in total. The summed E-state index contributed by atoms with van der Waals surface area (Å²) in [5.41, 5.74) is 2.47. The molecule has 0 nitrogen and oxygen atoms in total. The normalized spacial score (nSPS) is 19.0. The van der Waals surface area contributed by atoms with Crippen molar-refractivity contribution >= 4 is 17.0 Å². The van der Waals surface area contributed by atoms with E-state index in [0.29, 0.717) is 0 Å². The maximum atomic E-state index is 2.47. The van der Waals surface area contributed by atoms with Gasteiger partial charge in [-0.3, -0.25) is 0 Å². The summed E-state index contributed by atoms with van der Waals surface area (Å²) in [7, 11) is 0. The molecule has 0 saturated heterocycles. The van der Waals surface area contributed by atoms with E-state index in [0.717, 1.165) is 0 Å². The van der Waals surface area contributed by atoms with E-state index in [4.69, 9.17) is 0 Å². The number of hydrogen-bond donors (Lipinski definition) is 0. The molecule has 0 atom stereocenters. The molecule has 7 heavy (non-hydrogen) atoms. The summed E-state index contributed by atoms with van der Waals surface area (Å²) in [5, 5.41) is 0. The summed E-state index contributed by atoms with van der Waals surface area (Å²) in [4.78, 5) is 0. The van der Waals surface area contributed by atoms with E-state index in [1.165, 1.54) is 4.51 Å². The van der Waals surface area contributed by atoms with Crippen LogP contribution < -0.4 is 0 Å². The van der Waals surface area contributed by atoms with E-state index < -0.39 is 0 Å². The zero-order chi connectivity index (χ0) is 4.41. The van der Waals surface area contributed by atoms with Gasteiger partial charge in [-0.05, 0) is 0 Å². The Kier molecular flexibility index (Phi) is 4.66. The first-order valence-corrected chi connectivity index (χ1v) is 7.61. The third-order valence-electron chi connectivity index (χ3n) is 1.80. The van der Waals surface area contributed by atoms with Crippen LogP contribution in [0.1, 0.15) is 19.3 Å². The van der Waals surface area contributed by atoms with Crippen LogP contribution in [0.5, 0.6) is 0 Å². The van der Waals surface area contributed by atoms with Crippen LogP contribution in [0.25, 0.3) is 0 Å². The Hall–Kier alpha value is 1.10. The second kappa shape index (κ2) is 4.03. The fourth-order valence-electron chi connectivity index (χ4n) is 0.901. The van der Waals surface area contributed by atoms with Crippen molar-refractivity contribution in [3.63, 3.8) is 0 Å². The molecule has 0 heterocycles. The minimum atomic E-state index is 0. The van der Waals surface area contributed by atoms with Gasteiger partial charge in [-0.2, -0.15) is 0 Å². The van der Waals surface area contributed by atoms with Gasteiger partial charge in [0, 0.05) is 0 Å². The molecule has 1 fully saturated rings. The second-order valence-corrected chi connectivity index (χ2v) is 6.34. The zero-order valence-electron chi connectivity index (χ0n) is 4.81. The quantitative estimate of drug-likeness (QED) is 0.591. The van der Waals surface area contributed by atoms with Gasteiger partial charge in [0.25, 0.3) is 0 Å². The second-order valence-electron chi connectivity index (χ2n) is 2.21. The van der Waals surface area contributed by atoms with E-state index in [1.807, 2.05) is 0 Å². The summed E-state index contributed by atoms with van der Waals surface area (Å²) in [6.45, 7) is 0. The summed E-state index contributed by atoms with van der Waals surface area (Å²) >= 11 is 0.0781. The zero-order valence-corrected chi connectivity index (χ0v) is 9.49. The first-order chi connectivity index (χ1) is 2.93. The predicted octanol–water partition coefficient (Wildman–Crippen LogP) is 2.67. The molecule has 0 aromatic heterocycles. The first kappa shape index (κ1) is 8.10. The van der Waals surface area contributed by atoms with Gasteiger partial charge >= 0.3 is 46.4 Å². The minimum absolute atomic E-state index is 0. The van der Waals surface area contributed by atoms with Gasteiger partial charge in [-0.15, -0.1) is 17.0 Å². The maximum absolute atomic E-state index is 2.47. The summed E-state index contributed by atoms with van der Waals surface area (Å²) in [6, 6.07) is 0. The molecule has 1 aliphatic rings. The molecule has 0 aromatic carbocycles. The Morgan fingerprint density at radius 3 is 2.00 bits per heavy atom. The van der Waals surface area contributed by atoms with Crippen molar-refractivity contribution < 1.29 is 17.1 Å². The van der Waals surface area contributed by atoms with Gasteiger partial charge in [-0.1, -0.05) is 0 Å². The molecule has 0 aliphatic heterocycles. The number of hydrogen-bond acceptors (Lipinski definition) is 0. The molecule has 0 spiro atoms. The molecule has 0 amide bonds. The molecule has 0 unspecified atom stereocenters. The van der Waals surface area contributed by atoms with Crippen LogP contribution in [0.3, 0.4) is 0 Å². The summed E-state index contributed by atoms with van der Waals surface area (Å²) < 4.78 is 1.30. The van der Waals surface area contributed by atoms with Crippen LogP contribution >= 0.6 is 17.0 Å². The van der Waals surface area contributed by atoms with Crippen molar-refractivity contribution in [2.24, 2.45) is 0 Å². The van der Waals surface area contributed by atoms with E-state index in [2.05, 4.69) is 5.52 Å². The van der Waals surface area contributed by atoms with E-state index in [-0.39, 0.29) is 34.1 Å². The van der Waals surface area contributed by atoms with Crippen molar-refractivity contribution in [3.8, 4) is 0 Å². The standard InChI is InChI=1S/C4H7.CH3.BrH.Zn/c1-2-4-3-1;;;/h1H,2-4H2;1H3;1H;. The van der Waals surface area contributed by atoms with Crippen molar-refractivity contribution in [1.29, 1.82) is 0 Å². The molecule has 0 radical (unpaired) electrons. The average Bonchev–Trinajstić information content (AvgIpc) is 1.31. The van der Waals surface area contributed by atoms with E-state index >= 15 is 0 Å². The van der Waals surface area contributed by atoms with Gasteiger partial charge in [0.05, 0.1) is 0 Å². The third-order valence-corrected chi connectivity index (χ3v) is 5.94. The molecule has 0 bridgehead atoms. The first-order valence-electron chi connectivity index (χ1n) is 2.93. The summed E-state index contributed by atoms with van der Waals surface area (Å²) in [5.74, 6) is 0. The third kappa shape index (κ3) is 2.23. The van der Waals surface area contributed by atoms with Gasteiger partial charge in [0.1, 0.15) is 0 Å². The van der Waals surface area contributed by atoms with Crippen molar-refractivity contribution in [3.05, 3.63) is 0 Å². The molecule has 40 valence electrons. The molecule has 1 saturated carbocycles. The molecule has 2 heteroatoms. The Labute approximate surface area is 63.4 Å². The Balaban J connectivity index is 0.000000360.